The summed E-state index contributed by atoms with van der Waals surface area (Å²) in [6.07, 6.45) is 3.98. The molecule has 0 aliphatic heterocycles. The molecule has 0 saturated carbocycles. The highest BCUT2D eigenvalue weighted by molar-refractivity contribution is 6.14. The number of hydrogen-bond acceptors (Lipinski definition) is 1. The Morgan fingerprint density at radius 3 is 2.79 bits per heavy atom. The van der Waals surface area contributed by atoms with Gasteiger partial charge >= 0.3 is 0 Å². The van der Waals surface area contributed by atoms with Gasteiger partial charge in [0.2, 0.25) is 0 Å². The van der Waals surface area contributed by atoms with Gasteiger partial charge in [-0.25, -0.2) is 0 Å². The van der Waals surface area contributed by atoms with E-state index in [2.05, 4.69) is 6.58 Å². The van der Waals surface area contributed by atoms with Crippen molar-refractivity contribution in [1.82, 2.24) is 0 Å². The van der Waals surface area contributed by atoms with Crippen molar-refractivity contribution in [2.45, 2.75) is 12.8 Å². The van der Waals surface area contributed by atoms with E-state index in [1.165, 1.54) is 0 Å². The number of hydrogen-bond donors (Lipinski definition) is 0. The number of Topliss-reactive ketones (excluding diaryl/α,β-unsaturated/α-hetero) is 1. The molecular weight excluding hydrogens is 172 g/mol. The minimum atomic E-state index is 0.0868. The highest BCUT2D eigenvalue weighted by Gasteiger charge is 2.30. The van der Waals surface area contributed by atoms with Gasteiger partial charge in [0.25, 0.3) is 0 Å². The van der Waals surface area contributed by atoms with Gasteiger partial charge in [-0.1, -0.05) is 43.0 Å². The second-order valence-electron chi connectivity index (χ2n) is 3.45. The molecule has 0 radical (unpaired) electrons. The summed E-state index contributed by atoms with van der Waals surface area (Å²) in [5.41, 5.74) is 2.57. The fourth-order valence-corrected chi connectivity index (χ4v) is 1.89. The van der Waals surface area contributed by atoms with Crippen LogP contribution in [0.3, 0.4) is 0 Å². The Hall–Kier alpha value is -1.63. The summed E-state index contributed by atoms with van der Waals surface area (Å²) in [5.74, 6) is 0.174. The van der Waals surface area contributed by atoms with Gasteiger partial charge in [0, 0.05) is 17.1 Å². The largest absolute Gasteiger partial charge is 0.289 e. The average Bonchev–Trinajstić information content (AvgIpc) is 2.45. The SMILES string of the molecule is C=C1C(=O)c2ccccc2C1/C=C/C. The lowest BCUT2D eigenvalue weighted by molar-refractivity contribution is 0.103. The molecule has 1 atom stereocenters. The van der Waals surface area contributed by atoms with E-state index in [-0.39, 0.29) is 11.7 Å². The van der Waals surface area contributed by atoms with Crippen molar-refractivity contribution in [3.05, 3.63) is 59.7 Å². The molecule has 1 nitrogen and oxygen atoms in total. The molecular formula is C13H12O. The van der Waals surface area contributed by atoms with Crippen LogP contribution in [0, 0.1) is 0 Å². The van der Waals surface area contributed by atoms with Crippen LogP contribution in [0.5, 0.6) is 0 Å². The van der Waals surface area contributed by atoms with Gasteiger partial charge in [-0.05, 0) is 12.5 Å². The number of allylic oxidation sites excluding steroid dienone is 3. The van der Waals surface area contributed by atoms with Crippen molar-refractivity contribution in [3.8, 4) is 0 Å². The van der Waals surface area contributed by atoms with Crippen LogP contribution >= 0.6 is 0 Å². The van der Waals surface area contributed by atoms with Crippen LogP contribution in [0.2, 0.25) is 0 Å². The van der Waals surface area contributed by atoms with Crippen LogP contribution in [0.25, 0.3) is 0 Å². The second-order valence-corrected chi connectivity index (χ2v) is 3.45. The first kappa shape index (κ1) is 8.95. The molecule has 0 aromatic heterocycles. The van der Waals surface area contributed by atoms with Crippen molar-refractivity contribution in [1.29, 1.82) is 0 Å². The second kappa shape index (κ2) is 3.26. The van der Waals surface area contributed by atoms with Crippen molar-refractivity contribution in [2.24, 2.45) is 0 Å². The number of benzene rings is 1. The third kappa shape index (κ3) is 1.13. The zero-order valence-corrected chi connectivity index (χ0v) is 8.16. The maximum atomic E-state index is 11.7. The van der Waals surface area contributed by atoms with E-state index in [1.54, 1.807) is 0 Å². The standard InChI is InChI=1S/C13H12O/c1-3-6-10-9(2)13(14)12-8-5-4-7-11(10)12/h3-8,10H,2H2,1H3/b6-3+. The number of ketones is 1. The van der Waals surface area contributed by atoms with E-state index in [0.29, 0.717) is 5.57 Å². The number of fused-ring (bicyclic) bond motifs is 1. The van der Waals surface area contributed by atoms with E-state index >= 15 is 0 Å². The van der Waals surface area contributed by atoms with Gasteiger partial charge in [0.15, 0.2) is 5.78 Å². The minimum Gasteiger partial charge on any atom is -0.289 e. The van der Waals surface area contributed by atoms with Gasteiger partial charge in [-0.2, -0.15) is 0 Å². The first-order valence-electron chi connectivity index (χ1n) is 4.71. The zero-order chi connectivity index (χ0) is 10.1. The van der Waals surface area contributed by atoms with E-state index in [4.69, 9.17) is 0 Å². The van der Waals surface area contributed by atoms with Crippen LogP contribution in [0.4, 0.5) is 0 Å². The molecule has 1 aliphatic carbocycles. The van der Waals surface area contributed by atoms with Crippen molar-refractivity contribution < 1.29 is 4.79 Å². The zero-order valence-electron chi connectivity index (χ0n) is 8.16. The van der Waals surface area contributed by atoms with E-state index < -0.39 is 0 Å². The molecule has 0 bridgehead atoms. The summed E-state index contributed by atoms with van der Waals surface area (Å²) in [6.45, 7) is 5.81. The Labute approximate surface area is 83.8 Å². The lowest BCUT2D eigenvalue weighted by Crippen LogP contribution is -1.95. The fraction of sp³-hybridized carbons (Fsp3) is 0.154. The molecule has 1 aromatic carbocycles. The number of rotatable bonds is 1. The van der Waals surface area contributed by atoms with Crippen LogP contribution in [-0.4, -0.2) is 5.78 Å². The average molecular weight is 184 g/mol. The summed E-state index contributed by atoms with van der Waals surface area (Å²) < 4.78 is 0. The van der Waals surface area contributed by atoms with Gasteiger partial charge in [0.1, 0.15) is 0 Å². The Balaban J connectivity index is 2.58. The van der Waals surface area contributed by atoms with Crippen LogP contribution < -0.4 is 0 Å². The maximum absolute atomic E-state index is 11.7. The topological polar surface area (TPSA) is 17.1 Å². The van der Waals surface area contributed by atoms with E-state index in [0.717, 1.165) is 11.1 Å². The number of carbonyl (C=O) groups is 1. The molecule has 1 heteroatoms. The Bertz CT molecular complexity index is 427. The van der Waals surface area contributed by atoms with Crippen molar-refractivity contribution in [2.75, 3.05) is 0 Å². The molecule has 1 unspecified atom stereocenters. The molecule has 1 aliphatic rings. The van der Waals surface area contributed by atoms with Crippen LogP contribution in [-0.2, 0) is 0 Å². The molecule has 0 heterocycles. The Morgan fingerprint density at radius 1 is 1.36 bits per heavy atom. The van der Waals surface area contributed by atoms with Crippen LogP contribution in [0.1, 0.15) is 28.8 Å². The lowest BCUT2D eigenvalue weighted by Gasteiger charge is -2.04. The summed E-state index contributed by atoms with van der Waals surface area (Å²) in [6, 6.07) is 7.71. The summed E-state index contributed by atoms with van der Waals surface area (Å²) in [5, 5.41) is 0. The molecule has 1 aromatic rings. The molecule has 0 N–H and O–H groups in total. The van der Waals surface area contributed by atoms with E-state index in [9.17, 15) is 4.79 Å². The van der Waals surface area contributed by atoms with Crippen LogP contribution in [0.15, 0.2) is 48.6 Å². The van der Waals surface area contributed by atoms with Crippen molar-refractivity contribution in [3.63, 3.8) is 0 Å². The first-order chi connectivity index (χ1) is 6.75. The lowest BCUT2D eigenvalue weighted by atomic mass is 9.98. The van der Waals surface area contributed by atoms with Crippen molar-refractivity contribution >= 4 is 5.78 Å². The van der Waals surface area contributed by atoms with Gasteiger partial charge < -0.3 is 0 Å². The smallest absolute Gasteiger partial charge is 0.189 e. The third-order valence-corrected chi connectivity index (χ3v) is 2.59. The first-order valence-corrected chi connectivity index (χ1v) is 4.71. The summed E-state index contributed by atoms with van der Waals surface area (Å²) in [7, 11) is 0. The summed E-state index contributed by atoms with van der Waals surface area (Å²) >= 11 is 0. The number of carbonyl (C=O) groups excluding carboxylic acids is 1. The predicted octanol–water partition coefficient (Wildman–Crippen LogP) is 3.10. The molecule has 2 rings (SSSR count). The summed E-state index contributed by atoms with van der Waals surface area (Å²) in [4.78, 5) is 11.7. The quantitative estimate of drug-likeness (QED) is 0.484. The fourth-order valence-electron chi connectivity index (χ4n) is 1.89. The normalized spacial score (nSPS) is 20.5. The molecule has 0 saturated heterocycles. The Morgan fingerprint density at radius 2 is 2.07 bits per heavy atom. The van der Waals surface area contributed by atoms with Gasteiger partial charge in [-0.3, -0.25) is 4.79 Å². The maximum Gasteiger partial charge on any atom is 0.189 e. The van der Waals surface area contributed by atoms with E-state index in [1.807, 2.05) is 43.3 Å². The Kier molecular flexibility index (Phi) is 2.08. The molecule has 0 fully saturated rings. The highest BCUT2D eigenvalue weighted by atomic mass is 16.1. The third-order valence-electron chi connectivity index (χ3n) is 2.59. The molecule has 70 valence electrons. The van der Waals surface area contributed by atoms with Gasteiger partial charge in [-0.15, -0.1) is 0 Å². The molecule has 14 heavy (non-hydrogen) atoms. The molecule has 0 amide bonds. The highest BCUT2D eigenvalue weighted by Crippen LogP contribution is 2.37. The molecule has 0 spiro atoms. The predicted molar refractivity (Wildman–Crippen MR) is 57.5 cm³/mol. The minimum absolute atomic E-state index is 0.0868. The van der Waals surface area contributed by atoms with Gasteiger partial charge in [0.05, 0.1) is 0 Å². The monoisotopic (exact) mass is 184 g/mol.